The molecule has 0 spiro atoms. The molecule has 2 N–H and O–H groups in total. The Bertz CT molecular complexity index is 396. The van der Waals surface area contributed by atoms with E-state index in [-0.39, 0.29) is 12.6 Å². The molecule has 1 atom stereocenters. The first-order chi connectivity index (χ1) is 9.15. The summed E-state index contributed by atoms with van der Waals surface area (Å²) in [6.45, 7) is 4.71. The van der Waals surface area contributed by atoms with Gasteiger partial charge in [0.15, 0.2) is 0 Å². The molecule has 0 saturated carbocycles. The van der Waals surface area contributed by atoms with Crippen molar-refractivity contribution in [1.82, 2.24) is 5.32 Å². The van der Waals surface area contributed by atoms with Gasteiger partial charge in [0.2, 0.25) is 0 Å². The number of ether oxygens (including phenoxy) is 1. The minimum Gasteiger partial charge on any atom is -0.493 e. The van der Waals surface area contributed by atoms with Crippen LogP contribution in [0.4, 0.5) is 0 Å². The van der Waals surface area contributed by atoms with Gasteiger partial charge in [0.05, 0.1) is 18.7 Å². The van der Waals surface area contributed by atoms with Gasteiger partial charge >= 0.3 is 0 Å². The number of benzene rings is 1. The third-order valence-corrected chi connectivity index (χ3v) is 2.69. The van der Waals surface area contributed by atoms with Crippen LogP contribution in [0, 0.1) is 11.3 Å². The number of aliphatic hydroxyl groups is 1. The van der Waals surface area contributed by atoms with Crippen LogP contribution in [-0.4, -0.2) is 30.4 Å². The molecule has 0 aromatic heterocycles. The fourth-order valence-corrected chi connectivity index (χ4v) is 1.76. The largest absolute Gasteiger partial charge is 0.493 e. The van der Waals surface area contributed by atoms with Crippen molar-refractivity contribution < 1.29 is 9.84 Å². The van der Waals surface area contributed by atoms with Crippen LogP contribution in [0.3, 0.4) is 0 Å². The number of nitrogens with one attached hydrogen (secondary N) is 1. The van der Waals surface area contributed by atoms with E-state index in [4.69, 9.17) is 15.1 Å². The van der Waals surface area contributed by atoms with E-state index in [9.17, 15) is 0 Å². The second kappa shape index (κ2) is 8.52. The lowest BCUT2D eigenvalue weighted by atomic mass is 10.1. The van der Waals surface area contributed by atoms with Crippen LogP contribution >= 0.6 is 0 Å². The zero-order valence-corrected chi connectivity index (χ0v) is 11.6. The molecule has 1 aromatic carbocycles. The molecule has 1 aromatic rings. The second-order valence-electron chi connectivity index (χ2n) is 4.76. The Hall–Kier alpha value is -1.57. The first-order valence-electron chi connectivity index (χ1n) is 6.64. The van der Waals surface area contributed by atoms with Crippen LogP contribution in [0.15, 0.2) is 24.3 Å². The molecular formula is C15H22N2O2. The predicted octanol–water partition coefficient (Wildman–Crippen LogP) is 1.88. The standard InChI is InChI=1S/C15H22N2O2/c1-12(2)17-14(11-16)8-10-19-15-5-3-13(4-6-15)7-9-18/h3-6,12,14,17-18H,7-10H2,1-2H3. The molecule has 0 saturated heterocycles. The number of nitrogens with zero attached hydrogens (tertiary/aromatic N) is 1. The van der Waals surface area contributed by atoms with E-state index < -0.39 is 0 Å². The van der Waals surface area contributed by atoms with E-state index in [1.807, 2.05) is 38.1 Å². The molecule has 0 amide bonds. The van der Waals surface area contributed by atoms with Crippen LogP contribution in [0.25, 0.3) is 0 Å². The van der Waals surface area contributed by atoms with Gasteiger partial charge in [0, 0.05) is 19.1 Å². The molecule has 0 radical (unpaired) electrons. The monoisotopic (exact) mass is 262 g/mol. The van der Waals surface area contributed by atoms with Gasteiger partial charge in [-0.3, -0.25) is 5.32 Å². The smallest absolute Gasteiger partial charge is 0.119 e. The third kappa shape index (κ3) is 6.23. The van der Waals surface area contributed by atoms with Crippen molar-refractivity contribution in [3.8, 4) is 11.8 Å². The van der Waals surface area contributed by atoms with E-state index in [2.05, 4.69) is 11.4 Å². The maximum absolute atomic E-state index is 8.98. The van der Waals surface area contributed by atoms with Gasteiger partial charge in [-0.05, 0) is 38.0 Å². The fraction of sp³-hybridized carbons (Fsp3) is 0.533. The van der Waals surface area contributed by atoms with E-state index in [0.29, 0.717) is 25.5 Å². The molecule has 4 heteroatoms. The Balaban J connectivity index is 2.34. The van der Waals surface area contributed by atoms with E-state index in [0.717, 1.165) is 11.3 Å². The quantitative estimate of drug-likeness (QED) is 0.750. The van der Waals surface area contributed by atoms with Gasteiger partial charge in [-0.1, -0.05) is 12.1 Å². The summed E-state index contributed by atoms with van der Waals surface area (Å²) >= 11 is 0. The first-order valence-corrected chi connectivity index (χ1v) is 6.64. The zero-order chi connectivity index (χ0) is 14.1. The molecule has 4 nitrogen and oxygen atoms in total. The molecule has 0 aliphatic rings. The van der Waals surface area contributed by atoms with Crippen LogP contribution in [0.1, 0.15) is 25.8 Å². The molecule has 0 fully saturated rings. The van der Waals surface area contributed by atoms with E-state index in [1.165, 1.54) is 0 Å². The molecule has 0 aliphatic carbocycles. The maximum atomic E-state index is 8.98. The van der Waals surface area contributed by atoms with Crippen molar-refractivity contribution >= 4 is 0 Å². The molecule has 1 rings (SSSR count). The minimum absolute atomic E-state index is 0.158. The Morgan fingerprint density at radius 1 is 1.32 bits per heavy atom. The molecule has 0 heterocycles. The second-order valence-corrected chi connectivity index (χ2v) is 4.76. The summed E-state index contributed by atoms with van der Waals surface area (Å²) in [5.74, 6) is 0.794. The van der Waals surface area contributed by atoms with Gasteiger partial charge in [-0.15, -0.1) is 0 Å². The highest BCUT2D eigenvalue weighted by Gasteiger charge is 2.08. The molecule has 104 valence electrons. The summed E-state index contributed by atoms with van der Waals surface area (Å²) in [5, 5.41) is 21.0. The topological polar surface area (TPSA) is 65.3 Å². The van der Waals surface area contributed by atoms with Crippen molar-refractivity contribution in [2.45, 2.75) is 38.8 Å². The van der Waals surface area contributed by atoms with Crippen molar-refractivity contribution in [3.05, 3.63) is 29.8 Å². The van der Waals surface area contributed by atoms with Crippen molar-refractivity contribution in [2.24, 2.45) is 0 Å². The van der Waals surface area contributed by atoms with Crippen LogP contribution in [0.5, 0.6) is 5.75 Å². The fourth-order valence-electron chi connectivity index (χ4n) is 1.76. The Morgan fingerprint density at radius 2 is 2.00 bits per heavy atom. The SMILES string of the molecule is CC(C)NC(C#N)CCOc1ccc(CCO)cc1. The van der Waals surface area contributed by atoms with E-state index in [1.54, 1.807) is 0 Å². The molecule has 19 heavy (non-hydrogen) atoms. The lowest BCUT2D eigenvalue weighted by Gasteiger charge is -2.14. The highest BCUT2D eigenvalue weighted by Crippen LogP contribution is 2.13. The highest BCUT2D eigenvalue weighted by molar-refractivity contribution is 5.27. The summed E-state index contributed by atoms with van der Waals surface area (Å²) < 4.78 is 5.60. The lowest BCUT2D eigenvalue weighted by Crippen LogP contribution is -2.34. The van der Waals surface area contributed by atoms with Gasteiger partial charge in [0.1, 0.15) is 5.75 Å². The summed E-state index contributed by atoms with van der Waals surface area (Å²) in [4.78, 5) is 0. The van der Waals surface area contributed by atoms with Crippen LogP contribution in [0.2, 0.25) is 0 Å². The average Bonchev–Trinajstić information content (AvgIpc) is 2.39. The van der Waals surface area contributed by atoms with Crippen molar-refractivity contribution in [2.75, 3.05) is 13.2 Å². The normalized spacial score (nSPS) is 12.2. The van der Waals surface area contributed by atoms with Crippen LogP contribution in [-0.2, 0) is 6.42 Å². The average molecular weight is 262 g/mol. The highest BCUT2D eigenvalue weighted by atomic mass is 16.5. The summed E-state index contributed by atoms with van der Waals surface area (Å²) in [7, 11) is 0. The maximum Gasteiger partial charge on any atom is 0.119 e. The lowest BCUT2D eigenvalue weighted by molar-refractivity contribution is 0.293. The van der Waals surface area contributed by atoms with Crippen molar-refractivity contribution in [1.29, 1.82) is 5.26 Å². The first kappa shape index (κ1) is 15.5. The Labute approximate surface area is 115 Å². The van der Waals surface area contributed by atoms with Gasteiger partial charge in [-0.25, -0.2) is 0 Å². The zero-order valence-electron chi connectivity index (χ0n) is 11.6. The van der Waals surface area contributed by atoms with Gasteiger partial charge < -0.3 is 9.84 Å². The summed E-state index contributed by atoms with van der Waals surface area (Å²) in [6.07, 6.45) is 1.32. The van der Waals surface area contributed by atoms with Gasteiger partial charge in [0.25, 0.3) is 0 Å². The Kier molecular flexibility index (Phi) is 6.94. The predicted molar refractivity (Wildman–Crippen MR) is 75.0 cm³/mol. The number of hydrogen-bond donors (Lipinski definition) is 2. The number of nitriles is 1. The molecule has 1 unspecified atom stereocenters. The van der Waals surface area contributed by atoms with Gasteiger partial charge in [-0.2, -0.15) is 5.26 Å². The summed E-state index contributed by atoms with van der Waals surface area (Å²) in [5.41, 5.74) is 1.09. The van der Waals surface area contributed by atoms with Crippen LogP contribution < -0.4 is 10.1 Å². The van der Waals surface area contributed by atoms with Crippen molar-refractivity contribution in [3.63, 3.8) is 0 Å². The number of rotatable bonds is 8. The third-order valence-electron chi connectivity index (χ3n) is 2.69. The minimum atomic E-state index is -0.173. The molecule has 0 bridgehead atoms. The summed E-state index contributed by atoms with van der Waals surface area (Å²) in [6, 6.07) is 10.0. The number of hydrogen-bond acceptors (Lipinski definition) is 4. The van der Waals surface area contributed by atoms with E-state index >= 15 is 0 Å². The molecule has 0 aliphatic heterocycles. The molecular weight excluding hydrogens is 240 g/mol. The number of aliphatic hydroxyl groups excluding tert-OH is 1. The Morgan fingerprint density at radius 3 is 2.53 bits per heavy atom.